The minimum absolute atomic E-state index is 0.163. The molecule has 0 aromatic rings. The van der Waals surface area contributed by atoms with Gasteiger partial charge in [-0.05, 0) is 6.42 Å². The number of carbonyl (C=O) groups excluding carboxylic acids is 2. The first-order valence-corrected chi connectivity index (χ1v) is 4.82. The summed E-state index contributed by atoms with van der Waals surface area (Å²) < 4.78 is 0. The Morgan fingerprint density at radius 3 is 2.43 bits per heavy atom. The Bertz CT molecular complexity index is 224. The van der Waals surface area contributed by atoms with E-state index in [-0.39, 0.29) is 18.2 Å². The second kappa shape index (κ2) is 7.12. The van der Waals surface area contributed by atoms with Gasteiger partial charge in [0, 0.05) is 6.42 Å². The third kappa shape index (κ3) is 6.22. The number of hydrogen-bond donors (Lipinski definition) is 2. The van der Waals surface area contributed by atoms with Crippen molar-refractivity contribution in [3.8, 4) is 0 Å². The number of nitrogens with two attached hydrogens (primary N) is 2. The van der Waals surface area contributed by atoms with Gasteiger partial charge in [-0.1, -0.05) is 31.9 Å². The Hall–Kier alpha value is -1.32. The molecule has 14 heavy (non-hydrogen) atoms. The summed E-state index contributed by atoms with van der Waals surface area (Å²) >= 11 is 0. The SMILES string of the molecule is CCCCC(C=CCC(N)=O)C(N)=O. The van der Waals surface area contributed by atoms with Gasteiger partial charge in [0.2, 0.25) is 11.8 Å². The maximum Gasteiger partial charge on any atom is 0.224 e. The van der Waals surface area contributed by atoms with Crippen molar-refractivity contribution >= 4 is 11.8 Å². The molecule has 0 rings (SSSR count). The Balaban J connectivity index is 4.01. The molecule has 0 aliphatic carbocycles. The predicted octanol–water partition coefficient (Wildman–Crippen LogP) is 0.710. The van der Waals surface area contributed by atoms with E-state index in [0.717, 1.165) is 19.3 Å². The van der Waals surface area contributed by atoms with Crippen LogP contribution in [0.15, 0.2) is 12.2 Å². The van der Waals surface area contributed by atoms with Crippen molar-refractivity contribution in [2.45, 2.75) is 32.6 Å². The van der Waals surface area contributed by atoms with Crippen molar-refractivity contribution in [1.29, 1.82) is 0 Å². The third-order valence-corrected chi connectivity index (χ3v) is 1.92. The summed E-state index contributed by atoms with van der Waals surface area (Å²) in [6, 6.07) is 0. The van der Waals surface area contributed by atoms with Crippen LogP contribution < -0.4 is 11.5 Å². The molecule has 0 aliphatic rings. The second-order valence-electron chi connectivity index (χ2n) is 3.25. The van der Waals surface area contributed by atoms with Gasteiger partial charge in [-0.2, -0.15) is 0 Å². The Kier molecular flexibility index (Phi) is 6.45. The zero-order chi connectivity index (χ0) is 11.0. The monoisotopic (exact) mass is 198 g/mol. The highest BCUT2D eigenvalue weighted by Gasteiger charge is 2.10. The van der Waals surface area contributed by atoms with Crippen LogP contribution in [0, 0.1) is 5.92 Å². The van der Waals surface area contributed by atoms with Crippen LogP contribution in [0.2, 0.25) is 0 Å². The van der Waals surface area contributed by atoms with E-state index in [4.69, 9.17) is 11.5 Å². The molecule has 0 saturated carbocycles. The molecule has 0 fully saturated rings. The molecule has 4 nitrogen and oxygen atoms in total. The van der Waals surface area contributed by atoms with Gasteiger partial charge in [-0.25, -0.2) is 0 Å². The minimum atomic E-state index is -0.403. The highest BCUT2D eigenvalue weighted by atomic mass is 16.1. The molecule has 0 heterocycles. The maximum absolute atomic E-state index is 10.9. The summed E-state index contributed by atoms with van der Waals surface area (Å²) in [5, 5.41) is 0. The van der Waals surface area contributed by atoms with E-state index < -0.39 is 5.91 Å². The Morgan fingerprint density at radius 2 is 2.00 bits per heavy atom. The molecule has 4 heteroatoms. The van der Waals surface area contributed by atoms with Gasteiger partial charge in [0.15, 0.2) is 0 Å². The van der Waals surface area contributed by atoms with E-state index in [0.29, 0.717) is 0 Å². The zero-order valence-corrected chi connectivity index (χ0v) is 8.53. The highest BCUT2D eigenvalue weighted by Crippen LogP contribution is 2.09. The van der Waals surface area contributed by atoms with Gasteiger partial charge in [0.25, 0.3) is 0 Å². The van der Waals surface area contributed by atoms with Crippen molar-refractivity contribution in [2.24, 2.45) is 17.4 Å². The summed E-state index contributed by atoms with van der Waals surface area (Å²) in [6.07, 6.45) is 6.15. The third-order valence-electron chi connectivity index (χ3n) is 1.92. The van der Waals surface area contributed by atoms with E-state index in [2.05, 4.69) is 0 Å². The maximum atomic E-state index is 10.9. The Morgan fingerprint density at radius 1 is 1.36 bits per heavy atom. The fourth-order valence-corrected chi connectivity index (χ4v) is 1.11. The number of amides is 2. The molecule has 0 aliphatic heterocycles. The van der Waals surface area contributed by atoms with Gasteiger partial charge >= 0.3 is 0 Å². The number of unbranched alkanes of at least 4 members (excludes halogenated alkanes) is 1. The van der Waals surface area contributed by atoms with Crippen LogP contribution in [0.1, 0.15) is 32.6 Å². The first-order chi connectivity index (χ1) is 6.57. The number of carbonyl (C=O) groups is 2. The molecule has 1 unspecified atom stereocenters. The number of primary amides is 2. The van der Waals surface area contributed by atoms with Crippen molar-refractivity contribution in [3.05, 3.63) is 12.2 Å². The molecular weight excluding hydrogens is 180 g/mol. The van der Waals surface area contributed by atoms with E-state index in [1.54, 1.807) is 12.2 Å². The lowest BCUT2D eigenvalue weighted by atomic mass is 10.0. The predicted molar refractivity (Wildman–Crippen MR) is 55.2 cm³/mol. The molecule has 0 aromatic carbocycles. The van der Waals surface area contributed by atoms with Crippen molar-refractivity contribution < 1.29 is 9.59 Å². The van der Waals surface area contributed by atoms with Crippen molar-refractivity contribution in [2.75, 3.05) is 0 Å². The Labute approximate surface area is 84.3 Å². The lowest BCUT2D eigenvalue weighted by Gasteiger charge is -2.06. The van der Waals surface area contributed by atoms with E-state index >= 15 is 0 Å². The second-order valence-corrected chi connectivity index (χ2v) is 3.25. The fraction of sp³-hybridized carbons (Fsp3) is 0.600. The van der Waals surface area contributed by atoms with Gasteiger partial charge in [0.1, 0.15) is 0 Å². The van der Waals surface area contributed by atoms with Crippen LogP contribution in [0.5, 0.6) is 0 Å². The first kappa shape index (κ1) is 12.7. The topological polar surface area (TPSA) is 86.2 Å². The van der Waals surface area contributed by atoms with Crippen molar-refractivity contribution in [1.82, 2.24) is 0 Å². The molecule has 1 atom stereocenters. The van der Waals surface area contributed by atoms with Crippen LogP contribution in [-0.4, -0.2) is 11.8 Å². The standard InChI is InChI=1S/C10H18N2O2/c1-2-3-5-8(10(12)14)6-4-7-9(11)13/h4,6,8H,2-3,5,7H2,1H3,(H2,11,13)(H2,12,14). The quantitative estimate of drug-likeness (QED) is 0.590. The fourth-order valence-electron chi connectivity index (χ4n) is 1.11. The molecule has 80 valence electrons. The van der Waals surface area contributed by atoms with Crippen LogP contribution in [0.4, 0.5) is 0 Å². The van der Waals surface area contributed by atoms with Gasteiger partial charge in [0.05, 0.1) is 5.92 Å². The molecule has 0 radical (unpaired) electrons. The smallest absolute Gasteiger partial charge is 0.224 e. The summed E-state index contributed by atoms with van der Waals surface area (Å²) in [5.41, 5.74) is 10.1. The van der Waals surface area contributed by atoms with Crippen LogP contribution >= 0.6 is 0 Å². The van der Waals surface area contributed by atoms with E-state index in [1.807, 2.05) is 6.92 Å². The van der Waals surface area contributed by atoms with Gasteiger partial charge in [-0.15, -0.1) is 0 Å². The molecular formula is C10H18N2O2. The van der Waals surface area contributed by atoms with Crippen molar-refractivity contribution in [3.63, 3.8) is 0 Å². The number of rotatable bonds is 7. The number of hydrogen-bond acceptors (Lipinski definition) is 2. The van der Waals surface area contributed by atoms with Crippen LogP contribution in [0.25, 0.3) is 0 Å². The van der Waals surface area contributed by atoms with E-state index in [1.165, 1.54) is 0 Å². The molecule has 0 bridgehead atoms. The summed E-state index contributed by atoms with van der Waals surface area (Å²) in [6.45, 7) is 2.05. The lowest BCUT2D eigenvalue weighted by molar-refractivity contribution is -0.121. The minimum Gasteiger partial charge on any atom is -0.369 e. The molecule has 4 N–H and O–H groups in total. The molecule has 2 amide bonds. The first-order valence-electron chi connectivity index (χ1n) is 4.82. The molecule has 0 saturated heterocycles. The average Bonchev–Trinajstić information content (AvgIpc) is 2.09. The van der Waals surface area contributed by atoms with E-state index in [9.17, 15) is 9.59 Å². The average molecular weight is 198 g/mol. The normalized spacial score (nSPS) is 12.9. The van der Waals surface area contributed by atoms with Crippen LogP contribution in [0.3, 0.4) is 0 Å². The van der Waals surface area contributed by atoms with Crippen LogP contribution in [-0.2, 0) is 9.59 Å². The zero-order valence-electron chi connectivity index (χ0n) is 8.53. The van der Waals surface area contributed by atoms with Gasteiger partial charge < -0.3 is 11.5 Å². The summed E-state index contributed by atoms with van der Waals surface area (Å²) in [4.78, 5) is 21.4. The van der Waals surface area contributed by atoms with Gasteiger partial charge in [-0.3, -0.25) is 9.59 Å². The molecule has 0 aromatic heterocycles. The summed E-state index contributed by atoms with van der Waals surface area (Å²) in [5.74, 6) is -1.02. The molecule has 0 spiro atoms. The lowest BCUT2D eigenvalue weighted by Crippen LogP contribution is -2.21. The highest BCUT2D eigenvalue weighted by molar-refractivity contribution is 5.79. The summed E-state index contributed by atoms with van der Waals surface area (Å²) in [7, 11) is 0. The largest absolute Gasteiger partial charge is 0.369 e.